The van der Waals surface area contributed by atoms with Crippen LogP contribution in [0.4, 0.5) is 0 Å². The SMILES string of the molecule is CCCC(=O)C(CCC)C(=O)c1cccs1. The van der Waals surface area contributed by atoms with E-state index in [9.17, 15) is 9.59 Å². The monoisotopic (exact) mass is 238 g/mol. The van der Waals surface area contributed by atoms with Gasteiger partial charge in [0.25, 0.3) is 0 Å². The maximum absolute atomic E-state index is 12.1. The lowest BCUT2D eigenvalue weighted by molar-refractivity contribution is -0.121. The minimum Gasteiger partial charge on any atom is -0.299 e. The summed E-state index contributed by atoms with van der Waals surface area (Å²) in [7, 11) is 0. The van der Waals surface area contributed by atoms with Crippen LogP contribution in [0.5, 0.6) is 0 Å². The number of thiophene rings is 1. The van der Waals surface area contributed by atoms with Gasteiger partial charge < -0.3 is 0 Å². The average Bonchev–Trinajstić information content (AvgIpc) is 2.78. The number of hydrogen-bond donors (Lipinski definition) is 0. The van der Waals surface area contributed by atoms with Gasteiger partial charge in [0.15, 0.2) is 5.78 Å². The zero-order valence-electron chi connectivity index (χ0n) is 9.86. The van der Waals surface area contributed by atoms with Crippen molar-refractivity contribution in [2.75, 3.05) is 0 Å². The molecule has 1 aromatic rings. The highest BCUT2D eigenvalue weighted by Gasteiger charge is 2.26. The summed E-state index contributed by atoms with van der Waals surface area (Å²) in [6.45, 7) is 3.98. The Balaban J connectivity index is 2.77. The molecule has 1 atom stereocenters. The van der Waals surface area contributed by atoms with E-state index in [0.29, 0.717) is 17.7 Å². The second kappa shape index (κ2) is 6.59. The molecule has 0 amide bonds. The van der Waals surface area contributed by atoms with Gasteiger partial charge >= 0.3 is 0 Å². The van der Waals surface area contributed by atoms with E-state index in [1.165, 1.54) is 11.3 Å². The van der Waals surface area contributed by atoms with Crippen molar-refractivity contribution in [1.29, 1.82) is 0 Å². The van der Waals surface area contributed by atoms with E-state index in [1.807, 2.05) is 25.3 Å². The fraction of sp³-hybridized carbons (Fsp3) is 0.538. The number of rotatable bonds is 7. The highest BCUT2D eigenvalue weighted by molar-refractivity contribution is 7.12. The van der Waals surface area contributed by atoms with Crippen LogP contribution in [0.1, 0.15) is 49.2 Å². The predicted molar refractivity (Wildman–Crippen MR) is 67.0 cm³/mol. The molecule has 0 bridgehead atoms. The molecular weight excluding hydrogens is 220 g/mol. The van der Waals surface area contributed by atoms with E-state index in [4.69, 9.17) is 0 Å². The van der Waals surface area contributed by atoms with E-state index in [2.05, 4.69) is 0 Å². The minimum absolute atomic E-state index is 0.00954. The van der Waals surface area contributed by atoms with Crippen LogP contribution in [-0.2, 0) is 4.79 Å². The molecule has 16 heavy (non-hydrogen) atoms. The standard InChI is InChI=1S/C13H18O2S/c1-3-6-10(11(14)7-4-2)13(15)12-8-5-9-16-12/h5,8-10H,3-4,6-7H2,1-2H3. The normalized spacial score (nSPS) is 12.4. The van der Waals surface area contributed by atoms with Gasteiger partial charge in [0.2, 0.25) is 0 Å². The molecule has 1 rings (SSSR count). The number of Topliss-reactive ketones (excluding diaryl/α,β-unsaturated/α-hetero) is 2. The van der Waals surface area contributed by atoms with E-state index < -0.39 is 5.92 Å². The summed E-state index contributed by atoms with van der Waals surface area (Å²) in [6.07, 6.45) is 2.88. The molecule has 2 nitrogen and oxygen atoms in total. The molecule has 0 aliphatic rings. The van der Waals surface area contributed by atoms with Gasteiger partial charge in [-0.2, -0.15) is 0 Å². The first kappa shape index (κ1) is 13.1. The maximum Gasteiger partial charge on any atom is 0.183 e. The average molecular weight is 238 g/mol. The van der Waals surface area contributed by atoms with Gasteiger partial charge in [-0.3, -0.25) is 9.59 Å². The van der Waals surface area contributed by atoms with E-state index in [1.54, 1.807) is 6.07 Å². The summed E-state index contributed by atoms with van der Waals surface area (Å²) in [6, 6.07) is 3.65. The maximum atomic E-state index is 12.1. The number of ketones is 2. The molecule has 0 spiro atoms. The van der Waals surface area contributed by atoms with Crippen LogP contribution in [0.2, 0.25) is 0 Å². The molecule has 0 saturated heterocycles. The van der Waals surface area contributed by atoms with E-state index in [0.717, 1.165) is 12.8 Å². The lowest BCUT2D eigenvalue weighted by Crippen LogP contribution is -2.23. The summed E-state index contributed by atoms with van der Waals surface area (Å²) < 4.78 is 0. The van der Waals surface area contributed by atoms with Gasteiger partial charge in [-0.05, 0) is 24.3 Å². The second-order valence-corrected chi connectivity index (χ2v) is 4.85. The summed E-state index contributed by atoms with van der Waals surface area (Å²) >= 11 is 1.42. The Morgan fingerprint density at radius 2 is 2.06 bits per heavy atom. The largest absolute Gasteiger partial charge is 0.299 e. The topological polar surface area (TPSA) is 34.1 Å². The third-order valence-electron chi connectivity index (χ3n) is 2.54. The molecule has 1 aromatic heterocycles. The van der Waals surface area contributed by atoms with Crippen LogP contribution in [0.15, 0.2) is 17.5 Å². The molecule has 0 fully saturated rings. The lowest BCUT2D eigenvalue weighted by Gasteiger charge is -2.12. The summed E-state index contributed by atoms with van der Waals surface area (Å²) in [4.78, 5) is 24.7. The Labute approximate surface area is 101 Å². The molecule has 0 aliphatic heterocycles. The van der Waals surface area contributed by atoms with Crippen molar-refractivity contribution in [3.8, 4) is 0 Å². The molecule has 0 saturated carbocycles. The molecule has 0 aromatic carbocycles. The molecule has 0 N–H and O–H groups in total. The Kier molecular flexibility index (Phi) is 5.39. The van der Waals surface area contributed by atoms with Crippen molar-refractivity contribution in [1.82, 2.24) is 0 Å². The zero-order chi connectivity index (χ0) is 12.0. The molecule has 1 unspecified atom stereocenters. The zero-order valence-corrected chi connectivity index (χ0v) is 10.7. The quantitative estimate of drug-likeness (QED) is 0.536. The third-order valence-corrected chi connectivity index (χ3v) is 3.43. The first-order valence-corrected chi connectivity index (χ1v) is 6.69. The van der Waals surface area contributed by atoms with Crippen LogP contribution in [0.25, 0.3) is 0 Å². The molecule has 3 heteroatoms. The van der Waals surface area contributed by atoms with Crippen molar-refractivity contribution in [3.63, 3.8) is 0 Å². The third kappa shape index (κ3) is 3.27. The van der Waals surface area contributed by atoms with Gasteiger partial charge in [-0.25, -0.2) is 0 Å². The van der Waals surface area contributed by atoms with Gasteiger partial charge in [-0.1, -0.05) is 26.3 Å². The minimum atomic E-state index is -0.413. The summed E-state index contributed by atoms with van der Waals surface area (Å²) in [5.41, 5.74) is 0. The molecule has 0 aliphatic carbocycles. The fourth-order valence-corrected chi connectivity index (χ4v) is 2.46. The summed E-state index contributed by atoms with van der Waals surface area (Å²) in [5, 5.41) is 1.88. The van der Waals surface area contributed by atoms with Crippen molar-refractivity contribution in [2.45, 2.75) is 39.5 Å². The number of hydrogen-bond acceptors (Lipinski definition) is 3. The lowest BCUT2D eigenvalue weighted by atomic mass is 9.91. The Bertz CT molecular complexity index is 341. The first-order chi connectivity index (χ1) is 7.70. The Morgan fingerprint density at radius 1 is 1.31 bits per heavy atom. The predicted octanol–water partition coefficient (Wildman–Crippen LogP) is 3.72. The molecule has 88 valence electrons. The second-order valence-electron chi connectivity index (χ2n) is 3.90. The van der Waals surface area contributed by atoms with Crippen molar-refractivity contribution in [2.24, 2.45) is 5.92 Å². The van der Waals surface area contributed by atoms with Gasteiger partial charge in [0.1, 0.15) is 5.78 Å². The Hall–Kier alpha value is -0.960. The number of carbonyl (C=O) groups excluding carboxylic acids is 2. The van der Waals surface area contributed by atoms with Gasteiger partial charge in [0, 0.05) is 6.42 Å². The smallest absolute Gasteiger partial charge is 0.183 e. The van der Waals surface area contributed by atoms with Crippen LogP contribution in [0.3, 0.4) is 0 Å². The molecule has 0 radical (unpaired) electrons. The van der Waals surface area contributed by atoms with Crippen molar-refractivity contribution >= 4 is 22.9 Å². The summed E-state index contributed by atoms with van der Waals surface area (Å²) in [5.74, 6) is -0.304. The highest BCUT2D eigenvalue weighted by Crippen LogP contribution is 2.20. The van der Waals surface area contributed by atoms with Crippen molar-refractivity contribution in [3.05, 3.63) is 22.4 Å². The van der Waals surface area contributed by atoms with Gasteiger partial charge in [0.05, 0.1) is 10.8 Å². The van der Waals surface area contributed by atoms with Crippen LogP contribution >= 0.6 is 11.3 Å². The van der Waals surface area contributed by atoms with E-state index >= 15 is 0 Å². The first-order valence-electron chi connectivity index (χ1n) is 5.81. The van der Waals surface area contributed by atoms with E-state index in [-0.39, 0.29) is 11.6 Å². The molecular formula is C13H18O2S. The highest BCUT2D eigenvalue weighted by atomic mass is 32.1. The number of carbonyl (C=O) groups is 2. The molecule has 1 heterocycles. The van der Waals surface area contributed by atoms with Crippen LogP contribution < -0.4 is 0 Å². The van der Waals surface area contributed by atoms with Crippen LogP contribution in [0, 0.1) is 5.92 Å². The van der Waals surface area contributed by atoms with Crippen molar-refractivity contribution < 1.29 is 9.59 Å². The fourth-order valence-electron chi connectivity index (χ4n) is 1.74. The van der Waals surface area contributed by atoms with Gasteiger partial charge in [-0.15, -0.1) is 11.3 Å². The van der Waals surface area contributed by atoms with Crippen LogP contribution in [-0.4, -0.2) is 11.6 Å². The Morgan fingerprint density at radius 3 is 2.56 bits per heavy atom.